The van der Waals surface area contributed by atoms with Crippen LogP contribution in [0.25, 0.3) is 0 Å². The number of hydrogen-bond donors (Lipinski definition) is 0. The molecule has 0 aromatic heterocycles. The number of piperidine rings is 1. The third-order valence-electron chi connectivity index (χ3n) is 5.07. The van der Waals surface area contributed by atoms with Crippen molar-refractivity contribution in [3.8, 4) is 0 Å². The fourth-order valence-electron chi connectivity index (χ4n) is 3.32. The zero-order chi connectivity index (χ0) is 17.1. The van der Waals surface area contributed by atoms with E-state index in [9.17, 15) is 9.59 Å². The second-order valence-electron chi connectivity index (χ2n) is 6.49. The van der Waals surface area contributed by atoms with Crippen LogP contribution >= 0.6 is 0 Å². The Labute approximate surface area is 138 Å². The zero-order valence-corrected chi connectivity index (χ0v) is 14.5. The van der Waals surface area contributed by atoms with Crippen LogP contribution < -0.4 is 0 Å². The van der Waals surface area contributed by atoms with Gasteiger partial charge in [0.15, 0.2) is 0 Å². The summed E-state index contributed by atoms with van der Waals surface area (Å²) < 4.78 is 11.2. The fourth-order valence-corrected chi connectivity index (χ4v) is 3.32. The summed E-state index contributed by atoms with van der Waals surface area (Å²) in [6.45, 7) is 9.21. The molecule has 4 unspecified atom stereocenters. The van der Waals surface area contributed by atoms with Crippen LogP contribution in [0.15, 0.2) is 23.8 Å². The maximum atomic E-state index is 12.0. The van der Waals surface area contributed by atoms with Crippen LogP contribution in [0, 0.1) is 0 Å². The number of allylic oxidation sites excluding steroid dienone is 1. The number of esters is 2. The van der Waals surface area contributed by atoms with Crippen molar-refractivity contribution in [3.05, 3.63) is 23.8 Å². The molecule has 2 saturated heterocycles. The average molecular weight is 321 g/mol. The first kappa shape index (κ1) is 17.7. The van der Waals surface area contributed by atoms with Crippen molar-refractivity contribution in [2.45, 2.75) is 70.7 Å². The fraction of sp³-hybridized carbons (Fsp3) is 0.667. The molecule has 2 fully saturated rings. The van der Waals surface area contributed by atoms with Crippen LogP contribution in [0.2, 0.25) is 0 Å². The molecule has 5 heteroatoms. The van der Waals surface area contributed by atoms with E-state index in [-0.39, 0.29) is 36.2 Å². The maximum Gasteiger partial charge on any atom is 0.333 e. The van der Waals surface area contributed by atoms with Crippen molar-refractivity contribution in [1.29, 1.82) is 0 Å². The highest BCUT2D eigenvalue weighted by atomic mass is 16.6. The first-order valence-corrected chi connectivity index (χ1v) is 8.31. The minimum atomic E-state index is -0.309. The summed E-state index contributed by atoms with van der Waals surface area (Å²) in [7, 11) is 2.05. The summed E-state index contributed by atoms with van der Waals surface area (Å²) in [5.41, 5.74) is 1.12. The number of rotatable bonds is 5. The first-order valence-electron chi connectivity index (χ1n) is 8.31. The zero-order valence-electron chi connectivity index (χ0n) is 14.5. The van der Waals surface area contributed by atoms with Crippen LogP contribution in [-0.4, -0.2) is 48.2 Å². The van der Waals surface area contributed by atoms with Gasteiger partial charge in [-0.2, -0.15) is 0 Å². The molecule has 0 N–H and O–H groups in total. The van der Waals surface area contributed by atoms with E-state index in [1.807, 2.05) is 20.9 Å². The summed E-state index contributed by atoms with van der Waals surface area (Å²) in [4.78, 5) is 26.2. The topological polar surface area (TPSA) is 55.8 Å². The molecule has 2 bridgehead atoms. The number of hydrogen-bond acceptors (Lipinski definition) is 5. The molecule has 0 aromatic rings. The lowest BCUT2D eigenvalue weighted by molar-refractivity contribution is -0.151. The maximum absolute atomic E-state index is 12.0. The van der Waals surface area contributed by atoms with Gasteiger partial charge in [0.1, 0.15) is 12.2 Å². The van der Waals surface area contributed by atoms with Gasteiger partial charge >= 0.3 is 11.9 Å². The summed E-state index contributed by atoms with van der Waals surface area (Å²) in [6, 6.07) is 0.385. The van der Waals surface area contributed by atoms with E-state index in [1.165, 1.54) is 0 Å². The quantitative estimate of drug-likeness (QED) is 0.575. The molecule has 0 amide bonds. The van der Waals surface area contributed by atoms with Crippen LogP contribution in [0.5, 0.6) is 0 Å². The van der Waals surface area contributed by atoms with Crippen molar-refractivity contribution in [2.75, 3.05) is 7.05 Å². The lowest BCUT2D eigenvalue weighted by Crippen LogP contribution is -2.46. The third-order valence-corrected chi connectivity index (χ3v) is 5.07. The number of nitrogens with zero attached hydrogens (tertiary/aromatic N) is 1. The van der Waals surface area contributed by atoms with E-state index < -0.39 is 0 Å². The molecule has 23 heavy (non-hydrogen) atoms. The van der Waals surface area contributed by atoms with Crippen LogP contribution in [0.3, 0.4) is 0 Å². The Bertz CT molecular complexity index is 525. The molecule has 0 aromatic carbocycles. The monoisotopic (exact) mass is 321 g/mol. The van der Waals surface area contributed by atoms with Gasteiger partial charge in [0, 0.05) is 36.5 Å². The molecule has 0 spiro atoms. The summed E-state index contributed by atoms with van der Waals surface area (Å²) >= 11 is 0. The number of fused-ring (bicyclic) bond motifs is 2. The predicted octanol–water partition coefficient (Wildman–Crippen LogP) is 2.61. The van der Waals surface area contributed by atoms with Gasteiger partial charge in [-0.15, -0.1) is 0 Å². The molecule has 5 nitrogen and oxygen atoms in total. The van der Waals surface area contributed by atoms with E-state index >= 15 is 0 Å². The van der Waals surface area contributed by atoms with E-state index in [0.717, 1.165) is 12.8 Å². The van der Waals surface area contributed by atoms with E-state index in [0.29, 0.717) is 24.0 Å². The minimum absolute atomic E-state index is 0.103. The molecular formula is C18H27NO4. The number of likely N-dealkylation sites (N-methyl/N-ethyl adjacent to an activating group) is 1. The van der Waals surface area contributed by atoms with E-state index in [1.54, 1.807) is 13.0 Å². The lowest BCUT2D eigenvalue weighted by atomic mass is 10.00. The standard InChI is InChI=1S/C18H27NO4/c1-6-11(3)17(20)22-14-8-13-9-16(15(10-14)19(13)5)23-18(21)12(4)7-2/h6,13-16H,4,7-10H2,1-3,5H3. The van der Waals surface area contributed by atoms with Gasteiger partial charge in [-0.25, -0.2) is 9.59 Å². The Morgan fingerprint density at radius 2 is 1.91 bits per heavy atom. The van der Waals surface area contributed by atoms with Gasteiger partial charge in [-0.05, 0) is 27.3 Å². The van der Waals surface area contributed by atoms with Crippen molar-refractivity contribution in [1.82, 2.24) is 4.90 Å². The van der Waals surface area contributed by atoms with Crippen LogP contribution in [0.1, 0.15) is 46.5 Å². The largest absolute Gasteiger partial charge is 0.459 e. The van der Waals surface area contributed by atoms with Crippen LogP contribution in [0.4, 0.5) is 0 Å². The number of carbonyl (C=O) groups excluding carboxylic acids is 2. The molecule has 2 aliphatic heterocycles. The van der Waals surface area contributed by atoms with Crippen LogP contribution in [-0.2, 0) is 19.1 Å². The van der Waals surface area contributed by atoms with Gasteiger partial charge < -0.3 is 9.47 Å². The van der Waals surface area contributed by atoms with E-state index in [2.05, 4.69) is 11.5 Å². The second kappa shape index (κ2) is 7.30. The smallest absolute Gasteiger partial charge is 0.333 e. The first-order chi connectivity index (χ1) is 10.9. The summed E-state index contributed by atoms with van der Waals surface area (Å²) in [5.74, 6) is -0.564. The van der Waals surface area contributed by atoms with Gasteiger partial charge in [0.25, 0.3) is 0 Å². The second-order valence-corrected chi connectivity index (χ2v) is 6.49. The predicted molar refractivity (Wildman–Crippen MR) is 87.8 cm³/mol. The van der Waals surface area contributed by atoms with Crippen molar-refractivity contribution < 1.29 is 19.1 Å². The Kier molecular flexibility index (Phi) is 5.63. The van der Waals surface area contributed by atoms with Crippen molar-refractivity contribution in [2.24, 2.45) is 0 Å². The Balaban J connectivity index is 1.98. The SMILES string of the molecule is C=C(CC)C(=O)OC1CC2CC(OC(=O)C(C)=CC)CC1N2C. The molecule has 0 radical (unpaired) electrons. The summed E-state index contributed by atoms with van der Waals surface area (Å²) in [6.07, 6.45) is 4.38. The van der Waals surface area contributed by atoms with E-state index in [4.69, 9.17) is 9.47 Å². The highest BCUT2D eigenvalue weighted by Gasteiger charge is 2.47. The van der Waals surface area contributed by atoms with Crippen molar-refractivity contribution in [3.63, 3.8) is 0 Å². The van der Waals surface area contributed by atoms with Gasteiger partial charge in [-0.3, -0.25) is 4.90 Å². The van der Waals surface area contributed by atoms with Gasteiger partial charge in [0.05, 0.1) is 6.04 Å². The molecule has 4 atom stereocenters. The molecule has 2 rings (SSSR count). The number of ether oxygens (including phenoxy) is 2. The van der Waals surface area contributed by atoms with Crippen molar-refractivity contribution >= 4 is 11.9 Å². The normalized spacial score (nSPS) is 30.9. The Morgan fingerprint density at radius 3 is 2.52 bits per heavy atom. The average Bonchev–Trinajstić information content (AvgIpc) is 2.72. The molecule has 0 aliphatic carbocycles. The minimum Gasteiger partial charge on any atom is -0.459 e. The third kappa shape index (κ3) is 3.83. The Morgan fingerprint density at radius 1 is 1.22 bits per heavy atom. The molecule has 0 saturated carbocycles. The summed E-state index contributed by atoms with van der Waals surface area (Å²) in [5, 5.41) is 0. The molecule has 2 heterocycles. The molecule has 2 aliphatic rings. The van der Waals surface area contributed by atoms with Gasteiger partial charge in [0.2, 0.25) is 0 Å². The highest BCUT2D eigenvalue weighted by Crippen LogP contribution is 2.38. The lowest BCUT2D eigenvalue weighted by Gasteiger charge is -2.36. The highest BCUT2D eigenvalue weighted by molar-refractivity contribution is 5.88. The number of carbonyl (C=O) groups is 2. The molecule has 128 valence electrons. The molecular weight excluding hydrogens is 294 g/mol. The van der Waals surface area contributed by atoms with Gasteiger partial charge in [-0.1, -0.05) is 19.6 Å². The Hall–Kier alpha value is -1.62.